The molecule has 76 valence electrons. The second-order valence-corrected chi connectivity index (χ2v) is 3.20. The predicted molar refractivity (Wildman–Crippen MR) is 54.0 cm³/mol. The highest BCUT2D eigenvalue weighted by Crippen LogP contribution is 2.24. The van der Waals surface area contributed by atoms with Crippen LogP contribution in [0.25, 0.3) is 11.1 Å². The minimum Gasteiger partial charge on any atom is -0.296 e. The molecule has 3 nitrogen and oxygen atoms in total. The zero-order valence-corrected chi connectivity index (χ0v) is 8.14. The van der Waals surface area contributed by atoms with Gasteiger partial charge < -0.3 is 0 Å². The fraction of sp³-hybridized carbons (Fsp3) is 0.0909. The largest absolute Gasteiger partial charge is 0.296 e. The molecule has 0 spiro atoms. The number of nitrogens with zero attached hydrogens (tertiary/aromatic N) is 2. The summed E-state index contributed by atoms with van der Waals surface area (Å²) in [6, 6.07) is 6.31. The molecule has 0 bridgehead atoms. The van der Waals surface area contributed by atoms with Crippen LogP contribution in [0.1, 0.15) is 10.5 Å². The number of carbonyl (C=O) groups excluding carboxylic acids is 1. The van der Waals surface area contributed by atoms with Crippen molar-refractivity contribution in [3.8, 4) is 11.1 Å². The van der Waals surface area contributed by atoms with Crippen LogP contribution in [-0.2, 0) is 7.05 Å². The van der Waals surface area contributed by atoms with Gasteiger partial charge in [0.1, 0.15) is 11.5 Å². The molecule has 0 atom stereocenters. The molecule has 0 aliphatic rings. The number of carbonyl (C=O) groups is 1. The third-order valence-corrected chi connectivity index (χ3v) is 2.13. The molecule has 0 unspecified atom stereocenters. The van der Waals surface area contributed by atoms with Crippen molar-refractivity contribution in [2.24, 2.45) is 7.05 Å². The van der Waals surface area contributed by atoms with E-state index in [2.05, 4.69) is 5.10 Å². The van der Waals surface area contributed by atoms with Crippen LogP contribution < -0.4 is 0 Å². The number of hydrogen-bond acceptors (Lipinski definition) is 2. The Balaban J connectivity index is 2.63. The first-order chi connectivity index (χ1) is 7.22. The first-order valence-electron chi connectivity index (χ1n) is 4.46. The van der Waals surface area contributed by atoms with Crippen molar-refractivity contribution in [1.82, 2.24) is 9.78 Å². The van der Waals surface area contributed by atoms with Gasteiger partial charge in [-0.3, -0.25) is 9.48 Å². The van der Waals surface area contributed by atoms with Crippen LogP contribution in [0.2, 0.25) is 0 Å². The molecular weight excluding hydrogens is 195 g/mol. The van der Waals surface area contributed by atoms with E-state index in [1.807, 2.05) is 0 Å². The van der Waals surface area contributed by atoms with Crippen LogP contribution >= 0.6 is 0 Å². The number of aromatic nitrogens is 2. The quantitative estimate of drug-likeness (QED) is 0.701. The van der Waals surface area contributed by atoms with Gasteiger partial charge in [-0.05, 0) is 6.07 Å². The first-order valence-corrected chi connectivity index (χ1v) is 4.46. The predicted octanol–water partition coefficient (Wildman–Crippen LogP) is 2.04. The minimum atomic E-state index is -0.353. The summed E-state index contributed by atoms with van der Waals surface area (Å²) in [7, 11) is 1.69. The van der Waals surface area contributed by atoms with Crippen LogP contribution in [-0.4, -0.2) is 16.1 Å². The lowest BCUT2D eigenvalue weighted by molar-refractivity contribution is 0.111. The van der Waals surface area contributed by atoms with Crippen molar-refractivity contribution in [3.05, 3.63) is 42.0 Å². The van der Waals surface area contributed by atoms with E-state index in [4.69, 9.17) is 0 Å². The number of benzene rings is 1. The van der Waals surface area contributed by atoms with Gasteiger partial charge in [0, 0.05) is 24.4 Å². The zero-order valence-electron chi connectivity index (χ0n) is 8.14. The summed E-state index contributed by atoms with van der Waals surface area (Å²) in [5.41, 5.74) is 1.17. The molecule has 2 aromatic rings. The first kappa shape index (κ1) is 9.58. The van der Waals surface area contributed by atoms with E-state index in [0.29, 0.717) is 17.4 Å². The molecule has 0 fully saturated rings. The van der Waals surface area contributed by atoms with E-state index < -0.39 is 0 Å². The van der Waals surface area contributed by atoms with Gasteiger partial charge in [-0.2, -0.15) is 5.10 Å². The molecule has 0 radical (unpaired) electrons. The molecule has 2 rings (SSSR count). The van der Waals surface area contributed by atoms with E-state index in [9.17, 15) is 9.18 Å². The lowest BCUT2D eigenvalue weighted by atomic mass is 10.1. The molecular formula is C11H9FN2O. The number of aldehydes is 1. The van der Waals surface area contributed by atoms with Crippen LogP contribution in [0.5, 0.6) is 0 Å². The summed E-state index contributed by atoms with van der Waals surface area (Å²) >= 11 is 0. The van der Waals surface area contributed by atoms with E-state index >= 15 is 0 Å². The van der Waals surface area contributed by atoms with Crippen LogP contribution in [0.15, 0.2) is 30.5 Å². The lowest BCUT2D eigenvalue weighted by Crippen LogP contribution is -1.89. The van der Waals surface area contributed by atoms with Gasteiger partial charge in [0.25, 0.3) is 0 Å². The fourth-order valence-corrected chi connectivity index (χ4v) is 1.48. The van der Waals surface area contributed by atoms with E-state index in [-0.39, 0.29) is 11.5 Å². The second-order valence-electron chi connectivity index (χ2n) is 3.20. The average molecular weight is 204 g/mol. The summed E-state index contributed by atoms with van der Waals surface area (Å²) in [4.78, 5) is 10.7. The number of halogens is 1. The topological polar surface area (TPSA) is 34.9 Å². The van der Waals surface area contributed by atoms with E-state index in [0.717, 1.165) is 0 Å². The Labute approximate surface area is 86.2 Å². The number of hydrogen-bond donors (Lipinski definition) is 0. The third-order valence-electron chi connectivity index (χ3n) is 2.13. The van der Waals surface area contributed by atoms with Gasteiger partial charge in [0.2, 0.25) is 0 Å². The Morgan fingerprint density at radius 2 is 2.07 bits per heavy atom. The molecule has 1 aromatic heterocycles. The van der Waals surface area contributed by atoms with Gasteiger partial charge in [0.15, 0.2) is 6.29 Å². The number of rotatable bonds is 2. The molecule has 0 aliphatic carbocycles. The van der Waals surface area contributed by atoms with Crippen molar-refractivity contribution in [3.63, 3.8) is 0 Å². The number of aryl methyl sites for hydroxylation is 1. The Kier molecular flexibility index (Phi) is 2.33. The van der Waals surface area contributed by atoms with Gasteiger partial charge in [-0.15, -0.1) is 0 Å². The Hall–Kier alpha value is -1.97. The molecule has 15 heavy (non-hydrogen) atoms. The van der Waals surface area contributed by atoms with Crippen LogP contribution in [0.4, 0.5) is 4.39 Å². The molecule has 0 aliphatic heterocycles. The van der Waals surface area contributed by atoms with Crippen molar-refractivity contribution < 1.29 is 9.18 Å². The summed E-state index contributed by atoms with van der Waals surface area (Å²) in [6.07, 6.45) is 2.25. The maximum Gasteiger partial charge on any atom is 0.170 e. The van der Waals surface area contributed by atoms with Gasteiger partial charge in [-0.25, -0.2) is 4.39 Å². The second kappa shape index (κ2) is 3.65. The fourth-order valence-electron chi connectivity index (χ4n) is 1.48. The normalized spacial score (nSPS) is 10.3. The van der Waals surface area contributed by atoms with Crippen molar-refractivity contribution in [2.45, 2.75) is 0 Å². The summed E-state index contributed by atoms with van der Waals surface area (Å²) in [5.74, 6) is -0.353. The Bertz CT molecular complexity index is 505. The SMILES string of the molecule is Cn1cc(-c2ccccc2F)c(C=O)n1. The summed E-state index contributed by atoms with van der Waals surface area (Å²) in [6.45, 7) is 0. The van der Waals surface area contributed by atoms with Crippen molar-refractivity contribution in [1.29, 1.82) is 0 Å². The highest BCUT2D eigenvalue weighted by atomic mass is 19.1. The van der Waals surface area contributed by atoms with Gasteiger partial charge in [-0.1, -0.05) is 18.2 Å². The standard InChI is InChI=1S/C11H9FN2O/c1-14-6-9(11(7-15)13-14)8-4-2-3-5-10(8)12/h2-7H,1H3. The van der Waals surface area contributed by atoms with Crippen molar-refractivity contribution >= 4 is 6.29 Å². The summed E-state index contributed by atoms with van der Waals surface area (Å²) in [5, 5.41) is 3.93. The molecule has 0 saturated heterocycles. The Morgan fingerprint density at radius 1 is 1.33 bits per heavy atom. The van der Waals surface area contributed by atoms with Crippen LogP contribution in [0, 0.1) is 5.82 Å². The molecule has 0 N–H and O–H groups in total. The van der Waals surface area contributed by atoms with E-state index in [1.54, 1.807) is 31.4 Å². The maximum atomic E-state index is 13.4. The molecule has 0 amide bonds. The third kappa shape index (κ3) is 1.66. The highest BCUT2D eigenvalue weighted by molar-refractivity contribution is 5.85. The van der Waals surface area contributed by atoms with Crippen LogP contribution in [0.3, 0.4) is 0 Å². The lowest BCUT2D eigenvalue weighted by Gasteiger charge is -1.99. The molecule has 1 heterocycles. The minimum absolute atomic E-state index is 0.252. The van der Waals surface area contributed by atoms with Gasteiger partial charge in [0.05, 0.1) is 0 Å². The Morgan fingerprint density at radius 3 is 2.73 bits per heavy atom. The molecule has 0 saturated carbocycles. The molecule has 1 aromatic carbocycles. The average Bonchev–Trinajstić information content (AvgIpc) is 2.60. The van der Waals surface area contributed by atoms with Crippen molar-refractivity contribution in [2.75, 3.05) is 0 Å². The summed E-state index contributed by atoms with van der Waals surface area (Å²) < 4.78 is 14.9. The monoisotopic (exact) mass is 204 g/mol. The van der Waals surface area contributed by atoms with Gasteiger partial charge >= 0.3 is 0 Å². The highest BCUT2D eigenvalue weighted by Gasteiger charge is 2.12. The maximum absolute atomic E-state index is 13.4. The molecule has 4 heteroatoms. The van der Waals surface area contributed by atoms with E-state index in [1.165, 1.54) is 10.7 Å². The smallest absolute Gasteiger partial charge is 0.170 e. The zero-order chi connectivity index (χ0) is 10.8.